The first kappa shape index (κ1) is 29.4. The van der Waals surface area contributed by atoms with E-state index in [4.69, 9.17) is 0 Å². The average Bonchev–Trinajstić information content (AvgIpc) is 3.12. The van der Waals surface area contributed by atoms with Crippen molar-refractivity contribution in [2.45, 2.75) is 57.7 Å². The fourth-order valence-electron chi connectivity index (χ4n) is 4.42. The molecule has 3 aromatic rings. The summed E-state index contributed by atoms with van der Waals surface area (Å²) < 4.78 is 111. The second-order valence-corrected chi connectivity index (χ2v) is 12.3. The van der Waals surface area contributed by atoms with Gasteiger partial charge in [0.15, 0.2) is 5.82 Å². The van der Waals surface area contributed by atoms with E-state index < -0.39 is 74.3 Å². The van der Waals surface area contributed by atoms with Crippen molar-refractivity contribution < 1.29 is 44.3 Å². The maximum absolute atomic E-state index is 15.3. The van der Waals surface area contributed by atoms with E-state index in [1.54, 1.807) is 20.8 Å². The molecular weight excluding hydrogens is 570 g/mol. The second kappa shape index (κ2) is 10.1. The summed E-state index contributed by atoms with van der Waals surface area (Å²) in [5, 5.41) is 2.65. The topological polar surface area (TPSA) is 112 Å². The van der Waals surface area contributed by atoms with Crippen LogP contribution in [0.1, 0.15) is 50.0 Å². The van der Waals surface area contributed by atoms with Gasteiger partial charge in [-0.3, -0.25) is 13.9 Å². The van der Waals surface area contributed by atoms with E-state index in [1.165, 1.54) is 0 Å². The molecule has 2 aromatic heterocycles. The number of amides is 1. The van der Waals surface area contributed by atoms with Crippen LogP contribution in [-0.4, -0.2) is 58.0 Å². The van der Waals surface area contributed by atoms with E-state index in [1.807, 2.05) is 0 Å². The first-order valence-electron chi connectivity index (χ1n) is 11.9. The van der Waals surface area contributed by atoms with Crippen molar-refractivity contribution in [2.75, 3.05) is 11.5 Å². The van der Waals surface area contributed by atoms with Crippen LogP contribution in [0.3, 0.4) is 0 Å². The molecule has 1 saturated heterocycles. The van der Waals surface area contributed by atoms with E-state index in [2.05, 4.69) is 15.0 Å². The van der Waals surface area contributed by atoms with E-state index in [-0.39, 0.29) is 35.4 Å². The van der Waals surface area contributed by atoms with Crippen LogP contribution in [0.15, 0.2) is 29.2 Å². The molecule has 4 rings (SSSR count). The highest BCUT2D eigenvalue weighted by Gasteiger charge is 2.44. The number of carbonyl (C=O) groups is 1. The Kier molecular flexibility index (Phi) is 7.45. The van der Waals surface area contributed by atoms with E-state index in [9.17, 15) is 40.0 Å². The molecule has 1 aliphatic rings. The molecule has 1 amide bonds. The number of rotatable bonds is 7. The molecular formula is C24H24F6N4O5S. The lowest BCUT2D eigenvalue weighted by atomic mass is 9.94. The number of halogens is 6. The molecule has 1 aliphatic heterocycles. The molecule has 9 nitrogen and oxygen atoms in total. The van der Waals surface area contributed by atoms with Crippen LogP contribution in [0, 0.1) is 11.6 Å². The number of aromatic nitrogens is 3. The number of nitrogens with zero attached hydrogens (tertiary/aromatic N) is 3. The van der Waals surface area contributed by atoms with Gasteiger partial charge in [0.25, 0.3) is 5.91 Å². The van der Waals surface area contributed by atoms with Crippen molar-refractivity contribution in [2.24, 2.45) is 0 Å². The third-order valence-electron chi connectivity index (χ3n) is 6.61. The molecule has 3 heterocycles. The zero-order valence-corrected chi connectivity index (χ0v) is 22.2. The number of hydrogen-bond donors (Lipinski definition) is 1. The number of hydrogen-bond acceptors (Lipinski definition) is 6. The molecule has 1 N–H and O–H groups in total. The van der Waals surface area contributed by atoms with Gasteiger partial charge in [-0.15, -0.1) is 0 Å². The predicted octanol–water partition coefficient (Wildman–Crippen LogP) is 3.98. The van der Waals surface area contributed by atoms with Gasteiger partial charge in [-0.2, -0.15) is 17.6 Å². The van der Waals surface area contributed by atoms with Crippen LogP contribution in [0.4, 0.5) is 26.3 Å². The summed E-state index contributed by atoms with van der Waals surface area (Å²) in [5.74, 6) is -4.68. The van der Waals surface area contributed by atoms with Crippen molar-refractivity contribution in [3.8, 4) is 11.6 Å². The summed E-state index contributed by atoms with van der Waals surface area (Å²) in [6.45, 7) is 4.76. The number of ether oxygens (including phenoxy) is 1. The molecule has 0 spiro atoms. The number of fused-ring (bicyclic) bond motifs is 1. The van der Waals surface area contributed by atoms with Gasteiger partial charge in [-0.1, -0.05) is 0 Å². The normalized spacial score (nSPS) is 17.0. The molecule has 0 radical (unpaired) electrons. The van der Waals surface area contributed by atoms with E-state index in [0.29, 0.717) is 16.8 Å². The van der Waals surface area contributed by atoms with Crippen molar-refractivity contribution in [3.05, 3.63) is 52.1 Å². The highest BCUT2D eigenvalue weighted by Crippen LogP contribution is 2.31. The van der Waals surface area contributed by atoms with Gasteiger partial charge in [0, 0.05) is 23.7 Å². The van der Waals surface area contributed by atoms with Gasteiger partial charge in [-0.05, 0) is 39.7 Å². The Hall–Kier alpha value is -3.56. The first-order chi connectivity index (χ1) is 18.4. The quantitative estimate of drug-likeness (QED) is 0.415. The minimum absolute atomic E-state index is 0.0282. The Morgan fingerprint density at radius 2 is 1.73 bits per heavy atom. The minimum atomic E-state index is -4.97. The fourth-order valence-corrected chi connectivity index (χ4v) is 6.15. The Labute approximate surface area is 223 Å². The molecule has 0 saturated carbocycles. The summed E-state index contributed by atoms with van der Waals surface area (Å²) in [7, 11) is -3.24. The summed E-state index contributed by atoms with van der Waals surface area (Å²) in [5.41, 5.74) is -3.41. The molecule has 0 aliphatic carbocycles. The largest absolute Gasteiger partial charge is 0.462 e. The third kappa shape index (κ3) is 5.53. The third-order valence-corrected chi connectivity index (χ3v) is 8.27. The molecule has 1 aromatic carbocycles. The molecule has 0 unspecified atom stereocenters. The SMILES string of the molecule is CC(C)n1c(=O)n(-c2cc(OC(F)(F)C(F)F)ncc2F)c2cc(F)c(C(=O)NC3(C)CCS(=O)(=O)CC3)cc21. The first-order valence-corrected chi connectivity index (χ1v) is 13.8. The summed E-state index contributed by atoms with van der Waals surface area (Å²) >= 11 is 0. The number of sulfone groups is 1. The van der Waals surface area contributed by atoms with Crippen LogP contribution in [0.5, 0.6) is 5.88 Å². The van der Waals surface area contributed by atoms with E-state index in [0.717, 1.165) is 16.7 Å². The average molecular weight is 595 g/mol. The zero-order valence-electron chi connectivity index (χ0n) is 21.4. The summed E-state index contributed by atoms with van der Waals surface area (Å²) in [4.78, 5) is 29.6. The van der Waals surface area contributed by atoms with Crippen molar-refractivity contribution >= 4 is 26.8 Å². The zero-order chi connectivity index (χ0) is 29.8. The number of alkyl halides is 4. The molecule has 0 atom stereocenters. The Morgan fingerprint density at radius 1 is 1.10 bits per heavy atom. The number of imidazole rings is 1. The number of pyridine rings is 1. The molecule has 218 valence electrons. The van der Waals surface area contributed by atoms with Gasteiger partial charge >= 0.3 is 18.2 Å². The molecule has 1 fully saturated rings. The van der Waals surface area contributed by atoms with Crippen LogP contribution < -0.4 is 15.7 Å². The lowest BCUT2D eigenvalue weighted by Crippen LogP contribution is -2.51. The van der Waals surface area contributed by atoms with Crippen molar-refractivity contribution in [1.29, 1.82) is 0 Å². The van der Waals surface area contributed by atoms with Gasteiger partial charge < -0.3 is 10.1 Å². The Morgan fingerprint density at radius 3 is 2.30 bits per heavy atom. The van der Waals surface area contributed by atoms with Crippen LogP contribution in [0.2, 0.25) is 0 Å². The van der Waals surface area contributed by atoms with Crippen molar-refractivity contribution in [1.82, 2.24) is 19.4 Å². The standard InChI is InChI=1S/C24H24F6N4O5S/c1-12(2)33-17-8-13(20(35)32-23(3)4-6-40(37,38)7-5-23)14(25)9-18(17)34(22(33)36)16-10-19(31-11-15(16)26)39-24(29,30)21(27)28/h8-12,21H,4-7H2,1-3H3,(H,32,35). The van der Waals surface area contributed by atoms with E-state index >= 15 is 4.39 Å². The second-order valence-electron chi connectivity index (χ2n) is 10.0. The monoisotopic (exact) mass is 594 g/mol. The maximum Gasteiger partial charge on any atom is 0.462 e. The Balaban J connectivity index is 1.82. The Bertz CT molecular complexity index is 1640. The molecule has 0 bridgehead atoms. The lowest BCUT2D eigenvalue weighted by Gasteiger charge is -2.34. The van der Waals surface area contributed by atoms with Gasteiger partial charge in [0.2, 0.25) is 5.88 Å². The lowest BCUT2D eigenvalue weighted by molar-refractivity contribution is -0.254. The molecule has 40 heavy (non-hydrogen) atoms. The van der Waals surface area contributed by atoms with Crippen LogP contribution >= 0.6 is 0 Å². The van der Waals surface area contributed by atoms with Crippen molar-refractivity contribution in [3.63, 3.8) is 0 Å². The summed E-state index contributed by atoms with van der Waals surface area (Å²) in [6.07, 6.45) is -8.61. The fraction of sp³-hybridized carbons (Fsp3) is 0.458. The molecule has 16 heteroatoms. The predicted molar refractivity (Wildman–Crippen MR) is 131 cm³/mol. The van der Waals surface area contributed by atoms with Crippen LogP contribution in [0.25, 0.3) is 16.7 Å². The minimum Gasteiger partial charge on any atom is -0.410 e. The number of carbonyl (C=O) groups excluding carboxylic acids is 1. The number of benzene rings is 1. The van der Waals surface area contributed by atoms with Crippen LogP contribution in [-0.2, 0) is 9.84 Å². The maximum atomic E-state index is 15.3. The summed E-state index contributed by atoms with van der Waals surface area (Å²) in [6, 6.07) is 1.70. The van der Waals surface area contributed by atoms with Gasteiger partial charge in [-0.25, -0.2) is 27.0 Å². The van der Waals surface area contributed by atoms with Gasteiger partial charge in [0.1, 0.15) is 15.7 Å². The highest BCUT2D eigenvalue weighted by atomic mass is 32.2. The smallest absolute Gasteiger partial charge is 0.410 e. The van der Waals surface area contributed by atoms with Gasteiger partial charge in [0.05, 0.1) is 40.0 Å². The number of nitrogens with one attached hydrogen (secondary N) is 1. The highest BCUT2D eigenvalue weighted by molar-refractivity contribution is 7.91.